The number of carbonyl (C=O) groups is 2. The van der Waals surface area contributed by atoms with Gasteiger partial charge in [-0.1, -0.05) is 24.3 Å². The minimum Gasteiger partial charge on any atom is -0.465 e. The number of ether oxygens (including phenoxy) is 1. The molecule has 0 aliphatic carbocycles. The van der Waals surface area contributed by atoms with Crippen molar-refractivity contribution in [2.45, 2.75) is 24.8 Å². The lowest BCUT2D eigenvalue weighted by Crippen LogP contribution is -2.33. The third kappa shape index (κ3) is 7.32. The van der Waals surface area contributed by atoms with Gasteiger partial charge in [-0.05, 0) is 43.0 Å². The third-order valence-corrected chi connectivity index (χ3v) is 4.81. The van der Waals surface area contributed by atoms with Gasteiger partial charge in [0.25, 0.3) is 0 Å². The van der Waals surface area contributed by atoms with Crippen molar-refractivity contribution in [2.75, 3.05) is 31.3 Å². The van der Waals surface area contributed by atoms with Crippen molar-refractivity contribution in [2.24, 2.45) is 0 Å². The summed E-state index contributed by atoms with van der Waals surface area (Å²) in [6, 6.07) is 13.7. The van der Waals surface area contributed by atoms with E-state index >= 15 is 0 Å². The number of para-hydroxylation sites is 1. The zero-order valence-electron chi connectivity index (χ0n) is 16.1. The van der Waals surface area contributed by atoms with Gasteiger partial charge in [-0.25, -0.2) is 4.39 Å². The van der Waals surface area contributed by atoms with Crippen LogP contribution in [-0.2, 0) is 20.9 Å². The molecule has 2 rings (SSSR count). The van der Waals surface area contributed by atoms with Crippen molar-refractivity contribution in [3.05, 3.63) is 59.9 Å². The van der Waals surface area contributed by atoms with Crippen LogP contribution < -0.4 is 5.32 Å². The first-order valence-corrected chi connectivity index (χ1v) is 10.3. The van der Waals surface area contributed by atoms with E-state index in [9.17, 15) is 14.0 Å². The summed E-state index contributed by atoms with van der Waals surface area (Å²) >= 11 is 1.56. The highest BCUT2D eigenvalue weighted by atomic mass is 32.2. The molecule has 7 heteroatoms. The SMILES string of the molecule is CCOC(=O)CN(CCC(=O)Nc1ccccc1SC)Cc1ccc(F)cc1. The number of halogens is 1. The second kappa shape index (κ2) is 11.5. The highest BCUT2D eigenvalue weighted by Gasteiger charge is 2.15. The van der Waals surface area contributed by atoms with Crippen LogP contribution in [0.25, 0.3) is 0 Å². The van der Waals surface area contributed by atoms with Crippen molar-refractivity contribution < 1.29 is 18.7 Å². The van der Waals surface area contributed by atoms with E-state index in [1.807, 2.05) is 35.4 Å². The lowest BCUT2D eigenvalue weighted by Gasteiger charge is -2.21. The summed E-state index contributed by atoms with van der Waals surface area (Å²) in [7, 11) is 0. The molecule has 0 atom stereocenters. The number of esters is 1. The number of anilines is 1. The van der Waals surface area contributed by atoms with Crippen LogP contribution in [0.2, 0.25) is 0 Å². The number of amides is 1. The Labute approximate surface area is 169 Å². The molecule has 0 bridgehead atoms. The van der Waals surface area contributed by atoms with Crippen LogP contribution in [0.1, 0.15) is 18.9 Å². The predicted molar refractivity (Wildman–Crippen MR) is 110 cm³/mol. The van der Waals surface area contributed by atoms with Crippen LogP contribution in [0.4, 0.5) is 10.1 Å². The summed E-state index contributed by atoms with van der Waals surface area (Å²) in [6.45, 7) is 2.92. The molecule has 0 unspecified atom stereocenters. The molecule has 28 heavy (non-hydrogen) atoms. The molecule has 0 fully saturated rings. The molecule has 0 spiro atoms. The van der Waals surface area contributed by atoms with Crippen LogP contribution in [-0.4, -0.2) is 42.7 Å². The summed E-state index contributed by atoms with van der Waals surface area (Å²) in [5.74, 6) is -0.792. The molecule has 0 heterocycles. The summed E-state index contributed by atoms with van der Waals surface area (Å²) < 4.78 is 18.1. The van der Waals surface area contributed by atoms with Crippen molar-refractivity contribution in [3.8, 4) is 0 Å². The van der Waals surface area contributed by atoms with E-state index in [4.69, 9.17) is 4.74 Å². The van der Waals surface area contributed by atoms with Gasteiger partial charge in [-0.3, -0.25) is 14.5 Å². The van der Waals surface area contributed by atoms with E-state index < -0.39 is 0 Å². The number of benzene rings is 2. The second-order valence-electron chi connectivity index (χ2n) is 6.14. The number of nitrogens with one attached hydrogen (secondary N) is 1. The highest BCUT2D eigenvalue weighted by Crippen LogP contribution is 2.24. The first-order valence-electron chi connectivity index (χ1n) is 9.07. The molecule has 1 N–H and O–H groups in total. The zero-order valence-corrected chi connectivity index (χ0v) is 16.9. The van der Waals surface area contributed by atoms with Gasteiger partial charge in [0.05, 0.1) is 18.8 Å². The molecule has 0 aliphatic heterocycles. The molecule has 5 nitrogen and oxygen atoms in total. The average molecular weight is 405 g/mol. The van der Waals surface area contributed by atoms with Gasteiger partial charge < -0.3 is 10.1 Å². The Kier molecular flexibility index (Phi) is 8.97. The summed E-state index contributed by atoms with van der Waals surface area (Å²) in [6.07, 6.45) is 2.18. The van der Waals surface area contributed by atoms with Crippen LogP contribution >= 0.6 is 11.8 Å². The fourth-order valence-electron chi connectivity index (χ4n) is 2.67. The van der Waals surface area contributed by atoms with Gasteiger partial charge in [0.2, 0.25) is 5.91 Å². The smallest absolute Gasteiger partial charge is 0.320 e. The maximum absolute atomic E-state index is 13.1. The lowest BCUT2D eigenvalue weighted by atomic mass is 10.2. The normalized spacial score (nSPS) is 10.7. The maximum atomic E-state index is 13.1. The van der Waals surface area contributed by atoms with Crippen molar-refractivity contribution in [3.63, 3.8) is 0 Å². The van der Waals surface area contributed by atoms with E-state index in [-0.39, 0.29) is 30.7 Å². The lowest BCUT2D eigenvalue weighted by molar-refractivity contribution is -0.144. The fourth-order valence-corrected chi connectivity index (χ4v) is 3.23. The Bertz CT molecular complexity index is 783. The minimum atomic E-state index is -0.349. The number of thioether (sulfide) groups is 1. The Morgan fingerprint density at radius 3 is 2.54 bits per heavy atom. The Balaban J connectivity index is 1.97. The van der Waals surface area contributed by atoms with E-state index in [1.165, 1.54) is 12.1 Å². The molecule has 2 aromatic carbocycles. The van der Waals surface area contributed by atoms with Crippen molar-refractivity contribution in [1.29, 1.82) is 0 Å². The molecule has 1 amide bonds. The molecule has 150 valence electrons. The number of rotatable bonds is 10. The Morgan fingerprint density at radius 1 is 1.14 bits per heavy atom. The molecule has 0 radical (unpaired) electrons. The Hall–Kier alpha value is -2.38. The monoisotopic (exact) mass is 404 g/mol. The van der Waals surface area contributed by atoms with E-state index in [0.717, 1.165) is 16.1 Å². The van der Waals surface area contributed by atoms with Crippen LogP contribution in [0.5, 0.6) is 0 Å². The number of hydrogen-bond donors (Lipinski definition) is 1. The van der Waals surface area contributed by atoms with E-state index in [2.05, 4.69) is 5.32 Å². The average Bonchev–Trinajstić information content (AvgIpc) is 2.68. The summed E-state index contributed by atoms with van der Waals surface area (Å²) in [5.41, 5.74) is 1.63. The molecule has 0 aliphatic rings. The number of hydrogen-bond acceptors (Lipinski definition) is 5. The molecule has 0 aromatic heterocycles. The van der Waals surface area contributed by atoms with E-state index in [0.29, 0.717) is 19.7 Å². The minimum absolute atomic E-state index is 0.0693. The van der Waals surface area contributed by atoms with Crippen LogP contribution in [0.15, 0.2) is 53.4 Å². The molecule has 0 saturated carbocycles. The second-order valence-corrected chi connectivity index (χ2v) is 6.99. The Morgan fingerprint density at radius 2 is 1.86 bits per heavy atom. The highest BCUT2D eigenvalue weighted by molar-refractivity contribution is 7.98. The van der Waals surface area contributed by atoms with Gasteiger partial charge in [-0.15, -0.1) is 11.8 Å². The standard InChI is InChI=1S/C21H25FN2O3S/c1-3-27-21(26)15-24(14-16-8-10-17(22)11-9-16)13-12-20(25)23-18-6-4-5-7-19(18)28-2/h4-11H,3,12-15H2,1-2H3,(H,23,25). The maximum Gasteiger partial charge on any atom is 0.320 e. The summed E-state index contributed by atoms with van der Waals surface area (Å²) in [4.78, 5) is 27.1. The van der Waals surface area contributed by atoms with Gasteiger partial charge in [0.1, 0.15) is 5.82 Å². The van der Waals surface area contributed by atoms with Gasteiger partial charge in [-0.2, -0.15) is 0 Å². The predicted octanol–water partition coefficient (Wildman–Crippen LogP) is 3.94. The molecular formula is C21H25FN2O3S. The molecule has 0 saturated heterocycles. The van der Waals surface area contributed by atoms with Gasteiger partial charge in [0.15, 0.2) is 0 Å². The molecular weight excluding hydrogens is 379 g/mol. The van der Waals surface area contributed by atoms with Crippen molar-refractivity contribution in [1.82, 2.24) is 4.90 Å². The van der Waals surface area contributed by atoms with Crippen LogP contribution in [0, 0.1) is 5.82 Å². The summed E-state index contributed by atoms with van der Waals surface area (Å²) in [5, 5.41) is 2.91. The third-order valence-electron chi connectivity index (χ3n) is 4.01. The first kappa shape index (κ1) is 21.9. The zero-order chi connectivity index (χ0) is 20.4. The number of carbonyl (C=O) groups excluding carboxylic acids is 2. The number of nitrogens with zero attached hydrogens (tertiary/aromatic N) is 1. The van der Waals surface area contributed by atoms with Gasteiger partial charge in [0, 0.05) is 24.4 Å². The molecule has 2 aromatic rings. The van der Waals surface area contributed by atoms with Crippen LogP contribution in [0.3, 0.4) is 0 Å². The van der Waals surface area contributed by atoms with Gasteiger partial charge >= 0.3 is 5.97 Å². The van der Waals surface area contributed by atoms with Crippen molar-refractivity contribution >= 4 is 29.3 Å². The fraction of sp³-hybridized carbons (Fsp3) is 0.333. The van der Waals surface area contributed by atoms with E-state index in [1.54, 1.807) is 30.8 Å². The largest absolute Gasteiger partial charge is 0.465 e. The quantitative estimate of drug-likeness (QED) is 0.480. The topological polar surface area (TPSA) is 58.6 Å². The first-order chi connectivity index (χ1) is 13.5.